The van der Waals surface area contributed by atoms with Crippen molar-refractivity contribution in [3.05, 3.63) is 17.7 Å². The van der Waals surface area contributed by atoms with Gasteiger partial charge in [-0.2, -0.15) is 0 Å². The van der Waals surface area contributed by atoms with E-state index in [1.165, 1.54) is 0 Å². The lowest BCUT2D eigenvalue weighted by molar-refractivity contribution is -0.116. The van der Waals surface area contributed by atoms with Crippen molar-refractivity contribution in [3.63, 3.8) is 0 Å². The van der Waals surface area contributed by atoms with E-state index < -0.39 is 0 Å². The van der Waals surface area contributed by atoms with Gasteiger partial charge in [-0.05, 0) is 37.5 Å². The van der Waals surface area contributed by atoms with Gasteiger partial charge in [0.05, 0.1) is 11.4 Å². The van der Waals surface area contributed by atoms with Gasteiger partial charge in [0.2, 0.25) is 5.91 Å². The molecule has 0 bridgehead atoms. The average molecular weight is 249 g/mol. The fraction of sp³-hybridized carbons (Fsp3) is 0.462. The third kappa shape index (κ3) is 2.73. The first kappa shape index (κ1) is 12.7. The maximum absolute atomic E-state index is 11.3. The maximum Gasteiger partial charge on any atom is 0.224 e. The third-order valence-corrected chi connectivity index (χ3v) is 3.13. The molecule has 0 spiro atoms. The van der Waals surface area contributed by atoms with E-state index in [-0.39, 0.29) is 18.6 Å². The van der Waals surface area contributed by atoms with Crippen molar-refractivity contribution >= 4 is 23.0 Å². The Labute approximate surface area is 106 Å². The van der Waals surface area contributed by atoms with Gasteiger partial charge >= 0.3 is 0 Å². The number of aliphatic hydroxyl groups excluding tert-OH is 1. The van der Waals surface area contributed by atoms with E-state index in [4.69, 9.17) is 10.8 Å². The highest BCUT2D eigenvalue weighted by Crippen LogP contribution is 2.31. The van der Waals surface area contributed by atoms with Gasteiger partial charge in [-0.3, -0.25) is 4.79 Å². The molecule has 1 atom stereocenters. The lowest BCUT2D eigenvalue weighted by atomic mass is 10.0. The molecule has 5 heteroatoms. The smallest absolute Gasteiger partial charge is 0.224 e. The predicted octanol–water partition coefficient (Wildman–Crippen LogP) is 1.34. The lowest BCUT2D eigenvalue weighted by Gasteiger charge is -2.21. The largest absolute Gasteiger partial charge is 0.397 e. The molecule has 1 aliphatic rings. The van der Waals surface area contributed by atoms with Crippen LogP contribution < -0.4 is 16.4 Å². The number of benzene rings is 1. The number of fused-ring (bicyclic) bond motifs is 1. The number of anilines is 3. The summed E-state index contributed by atoms with van der Waals surface area (Å²) in [5, 5.41) is 15.0. The van der Waals surface area contributed by atoms with Crippen molar-refractivity contribution in [1.29, 1.82) is 0 Å². The Morgan fingerprint density at radius 2 is 2.28 bits per heavy atom. The quantitative estimate of drug-likeness (QED) is 0.606. The molecule has 0 fully saturated rings. The molecule has 18 heavy (non-hydrogen) atoms. The Balaban J connectivity index is 2.20. The zero-order valence-electron chi connectivity index (χ0n) is 10.5. The molecule has 98 valence electrons. The Hall–Kier alpha value is -1.75. The topological polar surface area (TPSA) is 87.4 Å². The Morgan fingerprint density at radius 1 is 1.50 bits per heavy atom. The standard InChI is InChI=1S/C13H19N3O2/c1-8(4-5-17)15-12-6-9-2-3-13(18)16-11(9)7-10(12)14/h6-8,15,17H,2-5,14H2,1H3,(H,16,18). The molecule has 1 unspecified atom stereocenters. The Bertz CT molecular complexity index is 460. The number of hydrogen-bond acceptors (Lipinski definition) is 4. The molecule has 0 saturated heterocycles. The molecule has 5 N–H and O–H groups in total. The highest BCUT2D eigenvalue weighted by Gasteiger charge is 2.17. The van der Waals surface area contributed by atoms with E-state index in [9.17, 15) is 4.79 Å². The summed E-state index contributed by atoms with van der Waals surface area (Å²) in [4.78, 5) is 11.3. The third-order valence-electron chi connectivity index (χ3n) is 3.13. The van der Waals surface area contributed by atoms with E-state index in [0.717, 1.165) is 23.4 Å². The summed E-state index contributed by atoms with van der Waals surface area (Å²) in [5.74, 6) is 0.0382. The minimum atomic E-state index is 0.0382. The van der Waals surface area contributed by atoms with Crippen molar-refractivity contribution in [2.75, 3.05) is 23.0 Å². The first-order valence-electron chi connectivity index (χ1n) is 6.20. The van der Waals surface area contributed by atoms with Gasteiger partial charge in [0.25, 0.3) is 0 Å². The highest BCUT2D eigenvalue weighted by atomic mass is 16.3. The van der Waals surface area contributed by atoms with E-state index in [0.29, 0.717) is 18.5 Å². The van der Waals surface area contributed by atoms with Crippen LogP contribution in [0, 0.1) is 0 Å². The van der Waals surface area contributed by atoms with E-state index in [1.807, 2.05) is 13.0 Å². The number of aliphatic hydroxyl groups is 1. The van der Waals surface area contributed by atoms with Crippen LogP contribution in [0.15, 0.2) is 12.1 Å². The van der Waals surface area contributed by atoms with Crippen molar-refractivity contribution in [3.8, 4) is 0 Å². The molecule has 1 amide bonds. The number of nitrogens with two attached hydrogens (primary N) is 1. The second-order valence-corrected chi connectivity index (χ2v) is 4.70. The molecular weight excluding hydrogens is 230 g/mol. The molecule has 2 rings (SSSR count). The molecule has 1 heterocycles. The minimum Gasteiger partial charge on any atom is -0.397 e. The van der Waals surface area contributed by atoms with Gasteiger partial charge in [-0.25, -0.2) is 0 Å². The predicted molar refractivity (Wildman–Crippen MR) is 72.6 cm³/mol. The Kier molecular flexibility index (Phi) is 3.72. The van der Waals surface area contributed by atoms with Gasteiger partial charge in [0.15, 0.2) is 0 Å². The number of rotatable bonds is 4. The number of amides is 1. The second-order valence-electron chi connectivity index (χ2n) is 4.70. The summed E-state index contributed by atoms with van der Waals surface area (Å²) >= 11 is 0. The maximum atomic E-state index is 11.3. The van der Waals surface area contributed by atoms with Crippen LogP contribution in [0.5, 0.6) is 0 Å². The van der Waals surface area contributed by atoms with Gasteiger partial charge in [0.1, 0.15) is 0 Å². The number of aryl methyl sites for hydroxylation is 1. The average Bonchev–Trinajstić information content (AvgIpc) is 2.31. The molecule has 1 aliphatic heterocycles. The van der Waals surface area contributed by atoms with Gasteiger partial charge in [-0.1, -0.05) is 0 Å². The summed E-state index contributed by atoms with van der Waals surface area (Å²) in [6.07, 6.45) is 1.93. The number of carbonyl (C=O) groups excluding carboxylic acids is 1. The molecule has 1 aromatic rings. The number of hydrogen-bond donors (Lipinski definition) is 4. The van der Waals surface area contributed by atoms with Crippen LogP contribution in [-0.4, -0.2) is 23.7 Å². The van der Waals surface area contributed by atoms with E-state index >= 15 is 0 Å². The van der Waals surface area contributed by atoms with Crippen LogP contribution in [0.4, 0.5) is 17.1 Å². The zero-order chi connectivity index (χ0) is 13.1. The van der Waals surface area contributed by atoms with Crippen LogP contribution in [-0.2, 0) is 11.2 Å². The van der Waals surface area contributed by atoms with Gasteiger partial charge < -0.3 is 21.5 Å². The van der Waals surface area contributed by atoms with Crippen molar-refractivity contribution in [1.82, 2.24) is 0 Å². The highest BCUT2D eigenvalue weighted by molar-refractivity contribution is 5.95. The van der Waals surface area contributed by atoms with Crippen molar-refractivity contribution in [2.24, 2.45) is 0 Å². The molecular formula is C13H19N3O2. The summed E-state index contributed by atoms with van der Waals surface area (Å²) in [6, 6.07) is 3.94. The molecule has 1 aromatic carbocycles. The minimum absolute atomic E-state index is 0.0382. The summed E-state index contributed by atoms with van der Waals surface area (Å²) in [7, 11) is 0. The number of nitrogen functional groups attached to an aromatic ring is 1. The fourth-order valence-corrected chi connectivity index (χ4v) is 2.10. The van der Waals surface area contributed by atoms with E-state index in [1.54, 1.807) is 6.07 Å². The molecule has 0 aromatic heterocycles. The lowest BCUT2D eigenvalue weighted by Crippen LogP contribution is -2.21. The number of nitrogens with one attached hydrogen (secondary N) is 2. The van der Waals surface area contributed by atoms with Gasteiger partial charge in [-0.15, -0.1) is 0 Å². The van der Waals surface area contributed by atoms with Crippen LogP contribution in [0.25, 0.3) is 0 Å². The molecule has 0 saturated carbocycles. The zero-order valence-corrected chi connectivity index (χ0v) is 10.5. The second kappa shape index (κ2) is 5.27. The monoisotopic (exact) mass is 249 g/mol. The summed E-state index contributed by atoms with van der Waals surface area (Å²) in [6.45, 7) is 2.14. The molecule has 5 nitrogen and oxygen atoms in total. The number of carbonyl (C=O) groups is 1. The molecule has 0 radical (unpaired) electrons. The SMILES string of the molecule is CC(CCO)Nc1cc2c(cc1N)NC(=O)CC2. The summed E-state index contributed by atoms with van der Waals surface area (Å²) < 4.78 is 0. The van der Waals surface area contributed by atoms with Crippen molar-refractivity contribution in [2.45, 2.75) is 32.2 Å². The van der Waals surface area contributed by atoms with Crippen LogP contribution >= 0.6 is 0 Å². The normalized spacial score (nSPS) is 15.8. The van der Waals surface area contributed by atoms with Crippen LogP contribution in [0.1, 0.15) is 25.3 Å². The molecule has 0 aliphatic carbocycles. The van der Waals surface area contributed by atoms with Crippen molar-refractivity contribution < 1.29 is 9.90 Å². The first-order chi connectivity index (χ1) is 8.60. The first-order valence-corrected chi connectivity index (χ1v) is 6.20. The van der Waals surface area contributed by atoms with Crippen LogP contribution in [0.2, 0.25) is 0 Å². The van der Waals surface area contributed by atoms with E-state index in [2.05, 4.69) is 10.6 Å². The summed E-state index contributed by atoms with van der Waals surface area (Å²) in [5.41, 5.74) is 9.35. The Morgan fingerprint density at radius 3 is 3.00 bits per heavy atom. The van der Waals surface area contributed by atoms with Gasteiger partial charge in [0, 0.05) is 24.8 Å². The fourth-order valence-electron chi connectivity index (χ4n) is 2.10. The van der Waals surface area contributed by atoms with Crippen LogP contribution in [0.3, 0.4) is 0 Å².